The summed E-state index contributed by atoms with van der Waals surface area (Å²) in [6.45, 7) is 3.70. The second-order valence-corrected chi connectivity index (χ2v) is 7.27. The summed E-state index contributed by atoms with van der Waals surface area (Å²) in [5, 5.41) is 3.81. The Labute approximate surface area is 113 Å². The lowest BCUT2D eigenvalue weighted by Gasteiger charge is -2.44. The van der Waals surface area contributed by atoms with Crippen LogP contribution in [0.25, 0.3) is 0 Å². The van der Waals surface area contributed by atoms with Crippen molar-refractivity contribution in [3.63, 3.8) is 0 Å². The molecule has 1 N–H and O–H groups in total. The summed E-state index contributed by atoms with van der Waals surface area (Å²) in [7, 11) is 0. The van der Waals surface area contributed by atoms with E-state index in [9.17, 15) is 0 Å². The molecule has 0 amide bonds. The first-order valence-corrected chi connectivity index (χ1v) is 8.60. The highest BCUT2D eigenvalue weighted by Crippen LogP contribution is 2.46. The normalized spacial score (nSPS) is 37.5. The smallest absolute Gasteiger partial charge is 0.00683 e. The van der Waals surface area contributed by atoms with Gasteiger partial charge in [0.05, 0.1) is 0 Å². The fraction of sp³-hybridized carbons (Fsp3) is 1.00. The van der Waals surface area contributed by atoms with Crippen LogP contribution in [0, 0.1) is 23.7 Å². The van der Waals surface area contributed by atoms with Crippen LogP contribution in [0.3, 0.4) is 0 Å². The minimum Gasteiger partial charge on any atom is -0.314 e. The van der Waals surface area contributed by atoms with Gasteiger partial charge in [-0.25, -0.2) is 0 Å². The average Bonchev–Trinajstić information content (AvgIpc) is 3.10. The molecule has 1 nitrogen and oxygen atoms in total. The summed E-state index contributed by atoms with van der Waals surface area (Å²) in [4.78, 5) is 0. The zero-order valence-corrected chi connectivity index (χ0v) is 12.2. The predicted molar refractivity (Wildman–Crippen MR) is 77.6 cm³/mol. The number of nitrogens with one attached hydrogen (secondary N) is 1. The van der Waals surface area contributed by atoms with Crippen LogP contribution in [-0.2, 0) is 0 Å². The van der Waals surface area contributed by atoms with Crippen LogP contribution in [0.15, 0.2) is 0 Å². The van der Waals surface area contributed by atoms with E-state index in [1.165, 1.54) is 51.5 Å². The molecule has 3 aliphatic rings. The second-order valence-electron chi connectivity index (χ2n) is 7.27. The van der Waals surface area contributed by atoms with E-state index in [1.54, 1.807) is 19.3 Å². The summed E-state index contributed by atoms with van der Waals surface area (Å²) in [6.07, 6.45) is 15.0. The largest absolute Gasteiger partial charge is 0.314 e. The Morgan fingerprint density at radius 3 is 2.44 bits per heavy atom. The Balaban J connectivity index is 1.53. The Morgan fingerprint density at radius 2 is 1.83 bits per heavy atom. The first-order valence-electron chi connectivity index (χ1n) is 8.60. The Hall–Kier alpha value is -0.0400. The molecule has 0 spiro atoms. The van der Waals surface area contributed by atoms with Crippen LogP contribution in [0.5, 0.6) is 0 Å². The number of hydrogen-bond acceptors (Lipinski definition) is 1. The average molecular weight is 249 g/mol. The molecule has 3 atom stereocenters. The molecule has 0 radical (unpaired) electrons. The fourth-order valence-corrected chi connectivity index (χ4v) is 4.33. The van der Waals surface area contributed by atoms with Crippen LogP contribution in [0.1, 0.15) is 71.1 Å². The van der Waals surface area contributed by atoms with Gasteiger partial charge in [0.1, 0.15) is 0 Å². The first-order chi connectivity index (χ1) is 8.86. The van der Waals surface area contributed by atoms with Crippen molar-refractivity contribution < 1.29 is 0 Å². The van der Waals surface area contributed by atoms with Gasteiger partial charge in [0.2, 0.25) is 0 Å². The van der Waals surface area contributed by atoms with Crippen LogP contribution in [-0.4, -0.2) is 12.6 Å². The van der Waals surface area contributed by atoms with Crippen molar-refractivity contribution in [1.29, 1.82) is 0 Å². The summed E-state index contributed by atoms with van der Waals surface area (Å²) >= 11 is 0. The monoisotopic (exact) mass is 249 g/mol. The highest BCUT2D eigenvalue weighted by Gasteiger charge is 2.38. The Bertz CT molecular complexity index is 254. The summed E-state index contributed by atoms with van der Waals surface area (Å²) in [5.41, 5.74) is 0. The van der Waals surface area contributed by atoms with Gasteiger partial charge in [-0.15, -0.1) is 0 Å². The molecule has 0 bridgehead atoms. The summed E-state index contributed by atoms with van der Waals surface area (Å²) in [6, 6.07) is 0.903. The van der Waals surface area contributed by atoms with E-state index in [0.29, 0.717) is 0 Å². The molecule has 3 unspecified atom stereocenters. The van der Waals surface area contributed by atoms with Crippen LogP contribution >= 0.6 is 0 Å². The van der Waals surface area contributed by atoms with E-state index in [0.717, 1.165) is 29.7 Å². The van der Waals surface area contributed by atoms with Gasteiger partial charge in [-0.1, -0.05) is 45.4 Å². The van der Waals surface area contributed by atoms with E-state index in [2.05, 4.69) is 12.2 Å². The molecular weight excluding hydrogens is 218 g/mol. The third kappa shape index (κ3) is 3.10. The van der Waals surface area contributed by atoms with Crippen molar-refractivity contribution in [3.05, 3.63) is 0 Å². The van der Waals surface area contributed by atoms with E-state index in [1.807, 2.05) is 0 Å². The van der Waals surface area contributed by atoms with E-state index in [-0.39, 0.29) is 0 Å². The minimum absolute atomic E-state index is 0.903. The maximum Gasteiger partial charge on any atom is 0.00683 e. The van der Waals surface area contributed by atoms with Crippen molar-refractivity contribution in [2.24, 2.45) is 23.7 Å². The van der Waals surface area contributed by atoms with E-state index >= 15 is 0 Å². The predicted octanol–water partition coefficient (Wildman–Crippen LogP) is 4.37. The van der Waals surface area contributed by atoms with Crippen molar-refractivity contribution >= 4 is 0 Å². The third-order valence-corrected chi connectivity index (χ3v) is 5.86. The second kappa shape index (κ2) is 5.94. The van der Waals surface area contributed by atoms with E-state index < -0.39 is 0 Å². The Morgan fingerprint density at radius 1 is 1.00 bits per heavy atom. The van der Waals surface area contributed by atoms with Crippen LogP contribution in [0.2, 0.25) is 0 Å². The molecule has 0 saturated heterocycles. The van der Waals surface area contributed by atoms with Crippen LogP contribution < -0.4 is 5.32 Å². The van der Waals surface area contributed by atoms with Gasteiger partial charge in [-0.05, 0) is 55.9 Å². The van der Waals surface area contributed by atoms with Crippen molar-refractivity contribution in [2.45, 2.75) is 77.2 Å². The fourth-order valence-electron chi connectivity index (χ4n) is 4.33. The molecule has 3 aliphatic carbocycles. The summed E-state index contributed by atoms with van der Waals surface area (Å²) < 4.78 is 0. The van der Waals surface area contributed by atoms with Crippen molar-refractivity contribution in [3.8, 4) is 0 Å². The lowest BCUT2D eigenvalue weighted by Crippen LogP contribution is -2.39. The molecule has 0 heterocycles. The maximum absolute atomic E-state index is 3.81. The lowest BCUT2D eigenvalue weighted by atomic mass is 9.62. The zero-order chi connectivity index (χ0) is 12.4. The van der Waals surface area contributed by atoms with Gasteiger partial charge in [0, 0.05) is 6.04 Å². The third-order valence-electron chi connectivity index (χ3n) is 5.86. The molecule has 0 aromatic heterocycles. The van der Waals surface area contributed by atoms with Gasteiger partial charge < -0.3 is 5.32 Å². The minimum atomic E-state index is 0.903. The van der Waals surface area contributed by atoms with Crippen molar-refractivity contribution in [2.75, 3.05) is 6.54 Å². The quantitative estimate of drug-likeness (QED) is 0.737. The number of rotatable bonds is 6. The molecule has 3 rings (SSSR count). The molecule has 18 heavy (non-hydrogen) atoms. The molecule has 0 aliphatic heterocycles. The molecule has 0 aromatic rings. The standard InChI is InChI=1S/C17H31N/c1-2-4-13-7-8-15(12-18-16-9-10-16)17(11-13)14-5-3-6-14/h13-18H,2-12H2,1H3. The molecule has 104 valence electrons. The molecule has 3 fully saturated rings. The zero-order valence-electron chi connectivity index (χ0n) is 12.2. The topological polar surface area (TPSA) is 12.0 Å². The van der Waals surface area contributed by atoms with Gasteiger partial charge in [-0.3, -0.25) is 0 Å². The molecule has 1 heteroatoms. The van der Waals surface area contributed by atoms with Gasteiger partial charge in [0.15, 0.2) is 0 Å². The SMILES string of the molecule is CCCC1CCC(CNC2CC2)C(C2CCC2)C1. The molecule has 0 aromatic carbocycles. The van der Waals surface area contributed by atoms with Gasteiger partial charge in [0.25, 0.3) is 0 Å². The molecule has 3 saturated carbocycles. The maximum atomic E-state index is 3.81. The highest BCUT2D eigenvalue weighted by atomic mass is 14.9. The first kappa shape index (κ1) is 13.0. The lowest BCUT2D eigenvalue weighted by molar-refractivity contribution is 0.0707. The number of hydrogen-bond donors (Lipinski definition) is 1. The Kier molecular flexibility index (Phi) is 4.28. The van der Waals surface area contributed by atoms with Gasteiger partial charge >= 0.3 is 0 Å². The molecular formula is C17H31N. The van der Waals surface area contributed by atoms with E-state index in [4.69, 9.17) is 0 Å². The highest BCUT2D eigenvalue weighted by molar-refractivity contribution is 4.90. The van der Waals surface area contributed by atoms with Crippen molar-refractivity contribution in [1.82, 2.24) is 5.32 Å². The summed E-state index contributed by atoms with van der Waals surface area (Å²) in [5.74, 6) is 4.27. The van der Waals surface area contributed by atoms with Gasteiger partial charge in [-0.2, -0.15) is 0 Å². The van der Waals surface area contributed by atoms with Crippen LogP contribution in [0.4, 0.5) is 0 Å².